The summed E-state index contributed by atoms with van der Waals surface area (Å²) in [6.45, 7) is 6.47. The van der Waals surface area contributed by atoms with Crippen molar-refractivity contribution >= 4 is 28.3 Å². The van der Waals surface area contributed by atoms with E-state index in [1.807, 2.05) is 0 Å². The lowest BCUT2D eigenvalue weighted by atomic mass is 9.89. The molecule has 2 unspecified atom stereocenters. The van der Waals surface area contributed by atoms with Crippen LogP contribution in [-0.4, -0.2) is 30.4 Å². The van der Waals surface area contributed by atoms with Gasteiger partial charge in [0, 0.05) is 20.1 Å². The number of amides is 1. The summed E-state index contributed by atoms with van der Waals surface area (Å²) in [4.78, 5) is 14.1. The Morgan fingerprint density at radius 3 is 2.83 bits per heavy atom. The highest BCUT2D eigenvalue weighted by Crippen LogP contribution is 2.34. The van der Waals surface area contributed by atoms with Gasteiger partial charge in [0.1, 0.15) is 10.6 Å². The first-order valence-electron chi connectivity index (χ1n) is 6.26. The minimum Gasteiger partial charge on any atom is -0.382 e. The third-order valence-electron chi connectivity index (χ3n) is 3.78. The molecule has 1 amide bonds. The minimum absolute atomic E-state index is 0.150. The Morgan fingerprint density at radius 2 is 2.22 bits per heavy atom. The van der Waals surface area contributed by atoms with Crippen molar-refractivity contribution < 1.29 is 4.79 Å². The van der Waals surface area contributed by atoms with Crippen molar-refractivity contribution in [3.63, 3.8) is 0 Å². The standard InChI is InChI=1S/C12H20N4OS/c1-7-4-5-16(6-8(7)2)12-9(11(17)14-3)10(13)15-18-12/h7-8H,4-6H2,1-3H3,(H2,13,15)(H,14,17). The molecule has 0 aliphatic carbocycles. The average Bonchev–Trinajstić information content (AvgIpc) is 2.74. The third-order valence-corrected chi connectivity index (χ3v) is 4.70. The summed E-state index contributed by atoms with van der Waals surface area (Å²) in [7, 11) is 1.62. The van der Waals surface area contributed by atoms with Crippen molar-refractivity contribution in [1.82, 2.24) is 9.69 Å². The van der Waals surface area contributed by atoms with Crippen LogP contribution in [0.4, 0.5) is 10.8 Å². The van der Waals surface area contributed by atoms with Gasteiger partial charge in [0.05, 0.1) is 0 Å². The second-order valence-corrected chi connectivity index (χ2v) is 5.77. The molecular formula is C12H20N4OS. The van der Waals surface area contributed by atoms with Crippen molar-refractivity contribution in [2.75, 3.05) is 30.8 Å². The molecule has 3 N–H and O–H groups in total. The maximum absolute atomic E-state index is 11.9. The van der Waals surface area contributed by atoms with Crippen LogP contribution < -0.4 is 16.0 Å². The molecule has 0 spiro atoms. The van der Waals surface area contributed by atoms with Gasteiger partial charge in [-0.15, -0.1) is 0 Å². The van der Waals surface area contributed by atoms with Gasteiger partial charge < -0.3 is 16.0 Å². The van der Waals surface area contributed by atoms with E-state index in [0.717, 1.165) is 30.4 Å². The Kier molecular flexibility index (Phi) is 3.75. The van der Waals surface area contributed by atoms with E-state index >= 15 is 0 Å². The molecule has 0 bridgehead atoms. The zero-order chi connectivity index (χ0) is 13.3. The highest BCUT2D eigenvalue weighted by Gasteiger charge is 2.28. The summed E-state index contributed by atoms with van der Waals surface area (Å²) in [5.41, 5.74) is 6.33. The first kappa shape index (κ1) is 13.1. The third kappa shape index (κ3) is 2.29. The van der Waals surface area contributed by atoms with E-state index in [9.17, 15) is 4.79 Å². The van der Waals surface area contributed by atoms with Crippen LogP contribution in [0.15, 0.2) is 0 Å². The summed E-state index contributed by atoms with van der Waals surface area (Å²) in [6, 6.07) is 0. The van der Waals surface area contributed by atoms with Gasteiger partial charge in [0.25, 0.3) is 5.91 Å². The molecule has 5 nitrogen and oxygen atoms in total. The molecule has 1 aliphatic heterocycles. The minimum atomic E-state index is -0.150. The average molecular weight is 268 g/mol. The number of nitrogen functional groups attached to an aromatic ring is 1. The fraction of sp³-hybridized carbons (Fsp3) is 0.667. The number of hydrogen-bond acceptors (Lipinski definition) is 5. The molecule has 1 aromatic heterocycles. The number of carbonyl (C=O) groups excluding carboxylic acids is 1. The van der Waals surface area contributed by atoms with Gasteiger partial charge in [-0.25, -0.2) is 0 Å². The molecule has 0 radical (unpaired) electrons. The number of aromatic nitrogens is 1. The van der Waals surface area contributed by atoms with Crippen LogP contribution in [-0.2, 0) is 0 Å². The quantitative estimate of drug-likeness (QED) is 0.854. The molecule has 1 aliphatic rings. The number of carbonyl (C=O) groups is 1. The van der Waals surface area contributed by atoms with Gasteiger partial charge in [-0.3, -0.25) is 4.79 Å². The number of piperidine rings is 1. The first-order chi connectivity index (χ1) is 8.54. The number of nitrogens with two attached hydrogens (primary N) is 1. The topological polar surface area (TPSA) is 71.2 Å². The van der Waals surface area contributed by atoms with Crippen LogP contribution in [0.1, 0.15) is 30.6 Å². The van der Waals surface area contributed by atoms with Crippen molar-refractivity contribution in [2.45, 2.75) is 20.3 Å². The van der Waals surface area contributed by atoms with Crippen LogP contribution in [0.25, 0.3) is 0 Å². The van der Waals surface area contributed by atoms with Gasteiger partial charge in [-0.2, -0.15) is 4.37 Å². The zero-order valence-corrected chi connectivity index (χ0v) is 11.9. The van der Waals surface area contributed by atoms with E-state index in [0.29, 0.717) is 17.3 Å². The molecule has 0 saturated carbocycles. The lowest BCUT2D eigenvalue weighted by Crippen LogP contribution is -2.39. The second-order valence-electron chi connectivity index (χ2n) is 5.02. The molecule has 18 heavy (non-hydrogen) atoms. The molecule has 1 saturated heterocycles. The number of nitrogens with one attached hydrogen (secondary N) is 1. The fourth-order valence-electron chi connectivity index (χ4n) is 2.29. The highest BCUT2D eigenvalue weighted by molar-refractivity contribution is 7.11. The molecule has 2 heterocycles. The van der Waals surface area contributed by atoms with Gasteiger partial charge in [0.15, 0.2) is 5.82 Å². The lowest BCUT2D eigenvalue weighted by Gasteiger charge is -2.36. The monoisotopic (exact) mass is 268 g/mol. The molecule has 1 fully saturated rings. The second kappa shape index (κ2) is 5.14. The van der Waals surface area contributed by atoms with Gasteiger partial charge in [-0.05, 0) is 29.8 Å². The summed E-state index contributed by atoms with van der Waals surface area (Å²) in [5.74, 6) is 1.54. The van der Waals surface area contributed by atoms with E-state index < -0.39 is 0 Å². The van der Waals surface area contributed by atoms with E-state index in [4.69, 9.17) is 5.73 Å². The zero-order valence-electron chi connectivity index (χ0n) is 11.1. The molecule has 2 rings (SSSR count). The summed E-state index contributed by atoms with van der Waals surface area (Å²) < 4.78 is 4.12. The Balaban J connectivity index is 2.26. The highest BCUT2D eigenvalue weighted by atomic mass is 32.1. The lowest BCUT2D eigenvalue weighted by molar-refractivity contribution is 0.0964. The Labute approximate surface area is 112 Å². The number of rotatable bonds is 2. The maximum Gasteiger partial charge on any atom is 0.257 e. The van der Waals surface area contributed by atoms with Crippen molar-refractivity contribution in [3.8, 4) is 0 Å². The van der Waals surface area contributed by atoms with Gasteiger partial charge >= 0.3 is 0 Å². The van der Waals surface area contributed by atoms with Crippen LogP contribution >= 0.6 is 11.5 Å². The SMILES string of the molecule is CNC(=O)c1c(N)nsc1N1CCC(C)C(C)C1. The van der Waals surface area contributed by atoms with E-state index in [1.54, 1.807) is 7.05 Å². The van der Waals surface area contributed by atoms with Crippen molar-refractivity contribution in [1.29, 1.82) is 0 Å². The van der Waals surface area contributed by atoms with Gasteiger partial charge in [-0.1, -0.05) is 13.8 Å². The predicted molar refractivity (Wildman–Crippen MR) is 75.1 cm³/mol. The number of anilines is 2. The summed E-state index contributed by atoms with van der Waals surface area (Å²) >= 11 is 1.32. The molecule has 100 valence electrons. The molecule has 6 heteroatoms. The van der Waals surface area contributed by atoms with Gasteiger partial charge in [0.2, 0.25) is 0 Å². The maximum atomic E-state index is 11.9. The van der Waals surface area contributed by atoms with Crippen LogP contribution in [0, 0.1) is 11.8 Å². The Morgan fingerprint density at radius 1 is 1.50 bits per heavy atom. The normalized spacial score (nSPS) is 24.1. The van der Waals surface area contributed by atoms with Crippen LogP contribution in [0.3, 0.4) is 0 Å². The summed E-state index contributed by atoms with van der Waals surface area (Å²) in [5, 5.41) is 3.54. The van der Waals surface area contributed by atoms with E-state index in [2.05, 4.69) is 28.4 Å². The number of hydrogen-bond donors (Lipinski definition) is 2. The smallest absolute Gasteiger partial charge is 0.257 e. The first-order valence-corrected chi connectivity index (χ1v) is 7.04. The number of nitrogens with zero attached hydrogens (tertiary/aromatic N) is 2. The summed E-state index contributed by atoms with van der Waals surface area (Å²) in [6.07, 6.45) is 1.14. The molecular weight excluding hydrogens is 248 g/mol. The molecule has 2 atom stereocenters. The Bertz CT molecular complexity index is 445. The fourth-order valence-corrected chi connectivity index (χ4v) is 3.14. The van der Waals surface area contributed by atoms with E-state index in [1.165, 1.54) is 11.5 Å². The van der Waals surface area contributed by atoms with Crippen molar-refractivity contribution in [3.05, 3.63) is 5.56 Å². The van der Waals surface area contributed by atoms with E-state index in [-0.39, 0.29) is 5.91 Å². The largest absolute Gasteiger partial charge is 0.382 e. The predicted octanol–water partition coefficient (Wildman–Crippen LogP) is 1.57. The molecule has 0 aromatic carbocycles. The van der Waals surface area contributed by atoms with Crippen molar-refractivity contribution in [2.24, 2.45) is 11.8 Å². The van der Waals surface area contributed by atoms with Crippen LogP contribution in [0.5, 0.6) is 0 Å². The molecule has 1 aromatic rings. The Hall–Kier alpha value is -1.30. The van der Waals surface area contributed by atoms with Crippen LogP contribution in [0.2, 0.25) is 0 Å².